The fourth-order valence-corrected chi connectivity index (χ4v) is 2.80. The lowest BCUT2D eigenvalue weighted by atomic mass is 9.82. The van der Waals surface area contributed by atoms with Gasteiger partial charge in [-0.05, 0) is 31.7 Å². The van der Waals surface area contributed by atoms with Crippen molar-refractivity contribution in [1.82, 2.24) is 10.3 Å². The van der Waals surface area contributed by atoms with Crippen LogP contribution in [0.5, 0.6) is 0 Å². The highest BCUT2D eigenvalue weighted by molar-refractivity contribution is 6.41. The number of pyridine rings is 1. The van der Waals surface area contributed by atoms with Crippen LogP contribution in [0, 0.1) is 5.41 Å². The van der Waals surface area contributed by atoms with Gasteiger partial charge in [-0.1, -0.05) is 44.0 Å². The van der Waals surface area contributed by atoms with Crippen LogP contribution >= 0.6 is 23.2 Å². The van der Waals surface area contributed by atoms with E-state index >= 15 is 0 Å². The maximum atomic E-state index is 12.0. The quantitative estimate of drug-likeness (QED) is 0.638. The minimum atomic E-state index is -0.681. The molecular formula is C16H22Cl2N2O3. The molecule has 0 fully saturated rings. The zero-order chi connectivity index (χ0) is 17.8. The van der Waals surface area contributed by atoms with Gasteiger partial charge in [0.05, 0.1) is 10.6 Å². The Labute approximate surface area is 146 Å². The molecule has 0 aromatic carbocycles. The second kappa shape index (κ2) is 7.49. The molecule has 128 valence electrons. The van der Waals surface area contributed by atoms with E-state index in [2.05, 4.69) is 31.1 Å². The third-order valence-corrected chi connectivity index (χ3v) is 3.50. The largest absolute Gasteiger partial charge is 0.452 e. The summed E-state index contributed by atoms with van der Waals surface area (Å²) in [4.78, 5) is 27.6. The van der Waals surface area contributed by atoms with Crippen LogP contribution in [-0.2, 0) is 9.53 Å². The van der Waals surface area contributed by atoms with Gasteiger partial charge in [0.1, 0.15) is 5.15 Å². The predicted molar refractivity (Wildman–Crippen MR) is 90.8 cm³/mol. The lowest BCUT2D eigenvalue weighted by Crippen LogP contribution is -2.47. The summed E-state index contributed by atoms with van der Waals surface area (Å²) in [6, 6.07) is 1.35. The Bertz CT molecular complexity index is 595. The normalized spacial score (nSPS) is 12.0. The van der Waals surface area contributed by atoms with Gasteiger partial charge in [0.15, 0.2) is 6.61 Å². The number of rotatable bonds is 5. The lowest BCUT2D eigenvalue weighted by molar-refractivity contribution is -0.126. The molecule has 1 rings (SSSR count). The van der Waals surface area contributed by atoms with Crippen LogP contribution in [0.3, 0.4) is 0 Å². The predicted octanol–water partition coefficient (Wildman–Crippen LogP) is 3.88. The Morgan fingerprint density at radius 3 is 2.35 bits per heavy atom. The summed E-state index contributed by atoms with van der Waals surface area (Å²) < 4.78 is 4.97. The third kappa shape index (κ3) is 7.18. The van der Waals surface area contributed by atoms with Gasteiger partial charge in [0.25, 0.3) is 5.91 Å². The molecule has 0 saturated carbocycles. The highest BCUT2D eigenvalue weighted by Gasteiger charge is 2.27. The lowest BCUT2D eigenvalue weighted by Gasteiger charge is -2.33. The molecule has 7 heteroatoms. The molecule has 1 aromatic heterocycles. The van der Waals surface area contributed by atoms with Crippen molar-refractivity contribution in [2.45, 2.75) is 46.6 Å². The molecule has 0 aliphatic rings. The number of aromatic nitrogens is 1. The molecule has 0 unspecified atom stereocenters. The molecule has 1 N–H and O–H groups in total. The molecule has 5 nitrogen and oxygen atoms in total. The van der Waals surface area contributed by atoms with Gasteiger partial charge < -0.3 is 10.1 Å². The van der Waals surface area contributed by atoms with E-state index in [1.165, 1.54) is 12.3 Å². The minimum absolute atomic E-state index is 0.0686. The van der Waals surface area contributed by atoms with Gasteiger partial charge in [0.2, 0.25) is 0 Å². The van der Waals surface area contributed by atoms with Gasteiger partial charge in [0, 0.05) is 11.7 Å². The summed E-state index contributed by atoms with van der Waals surface area (Å²) in [5.74, 6) is -1.04. The molecule has 0 aliphatic carbocycles. The van der Waals surface area contributed by atoms with Crippen LogP contribution in [0.1, 0.15) is 51.4 Å². The summed E-state index contributed by atoms with van der Waals surface area (Å²) in [5, 5.41) is 3.11. The second-order valence-electron chi connectivity index (χ2n) is 7.24. The number of hydrogen-bond acceptors (Lipinski definition) is 4. The number of nitrogens with zero attached hydrogens (tertiary/aromatic N) is 1. The fraction of sp³-hybridized carbons (Fsp3) is 0.562. The topological polar surface area (TPSA) is 68.3 Å². The van der Waals surface area contributed by atoms with Crippen LogP contribution in [0.15, 0.2) is 12.3 Å². The summed E-state index contributed by atoms with van der Waals surface area (Å²) >= 11 is 11.5. The van der Waals surface area contributed by atoms with Crippen molar-refractivity contribution in [3.8, 4) is 0 Å². The van der Waals surface area contributed by atoms with Crippen molar-refractivity contribution in [3.63, 3.8) is 0 Å². The first-order valence-electron chi connectivity index (χ1n) is 7.19. The highest BCUT2D eigenvalue weighted by atomic mass is 35.5. The van der Waals surface area contributed by atoms with Gasteiger partial charge in [-0.3, -0.25) is 4.79 Å². The van der Waals surface area contributed by atoms with Gasteiger partial charge in [-0.15, -0.1) is 0 Å². The van der Waals surface area contributed by atoms with Crippen molar-refractivity contribution in [2.75, 3.05) is 6.61 Å². The average molecular weight is 361 g/mol. The Hall–Kier alpha value is -1.33. The fourth-order valence-electron chi connectivity index (χ4n) is 2.53. The summed E-state index contributed by atoms with van der Waals surface area (Å²) in [6.45, 7) is 9.78. The maximum Gasteiger partial charge on any atom is 0.340 e. The van der Waals surface area contributed by atoms with E-state index in [-0.39, 0.29) is 33.7 Å². The first-order chi connectivity index (χ1) is 10.4. The Morgan fingerprint density at radius 2 is 1.83 bits per heavy atom. The first-order valence-corrected chi connectivity index (χ1v) is 7.94. The number of carbonyl (C=O) groups is 2. The summed E-state index contributed by atoms with van der Waals surface area (Å²) in [5.41, 5.74) is -0.187. The van der Waals surface area contributed by atoms with Crippen molar-refractivity contribution in [1.29, 1.82) is 0 Å². The Kier molecular flexibility index (Phi) is 6.42. The number of nitrogens with one attached hydrogen (secondary N) is 1. The SMILES string of the molecule is CC(C)(C)CC(C)(C)NC(=O)COC(=O)c1cnc(Cl)c(Cl)c1. The van der Waals surface area contributed by atoms with E-state index in [9.17, 15) is 9.59 Å². The van der Waals surface area contributed by atoms with Crippen LogP contribution in [-0.4, -0.2) is 29.0 Å². The molecular weight excluding hydrogens is 339 g/mol. The number of carbonyl (C=O) groups excluding carboxylic acids is 2. The number of halogens is 2. The van der Waals surface area contributed by atoms with Crippen molar-refractivity contribution >= 4 is 35.1 Å². The van der Waals surface area contributed by atoms with Crippen LogP contribution in [0.2, 0.25) is 10.2 Å². The molecule has 1 heterocycles. The molecule has 0 atom stereocenters. The molecule has 23 heavy (non-hydrogen) atoms. The van der Waals surface area contributed by atoms with E-state index in [0.717, 1.165) is 6.42 Å². The molecule has 1 amide bonds. The van der Waals surface area contributed by atoms with E-state index in [0.29, 0.717) is 0 Å². The van der Waals surface area contributed by atoms with Gasteiger partial charge in [-0.25, -0.2) is 9.78 Å². The van der Waals surface area contributed by atoms with E-state index < -0.39 is 11.5 Å². The smallest absolute Gasteiger partial charge is 0.340 e. The van der Waals surface area contributed by atoms with Crippen molar-refractivity contribution in [2.24, 2.45) is 5.41 Å². The molecule has 0 radical (unpaired) electrons. The van der Waals surface area contributed by atoms with Crippen LogP contribution in [0.25, 0.3) is 0 Å². The Morgan fingerprint density at radius 1 is 1.22 bits per heavy atom. The summed E-state index contributed by atoms with van der Waals surface area (Å²) in [7, 11) is 0. The van der Waals surface area contributed by atoms with Gasteiger partial charge in [-0.2, -0.15) is 0 Å². The average Bonchev–Trinajstić information content (AvgIpc) is 2.35. The first kappa shape index (κ1) is 19.7. The highest BCUT2D eigenvalue weighted by Crippen LogP contribution is 2.26. The Balaban J connectivity index is 2.55. The standard InChI is InChI=1S/C16H22Cl2N2O3/c1-15(2,3)9-16(4,5)20-12(21)8-23-14(22)10-6-11(17)13(18)19-7-10/h6-7H,8-9H2,1-5H3,(H,20,21). The van der Waals surface area contributed by atoms with E-state index in [1.807, 2.05) is 13.8 Å². The second-order valence-corrected chi connectivity index (χ2v) is 8.01. The molecule has 0 spiro atoms. The van der Waals surface area contributed by atoms with E-state index in [1.54, 1.807) is 0 Å². The molecule has 0 aliphatic heterocycles. The maximum absolute atomic E-state index is 12.0. The van der Waals surface area contributed by atoms with Crippen LogP contribution in [0.4, 0.5) is 0 Å². The molecule has 0 bridgehead atoms. The molecule has 0 saturated heterocycles. The zero-order valence-corrected chi connectivity index (χ0v) is 15.5. The number of amides is 1. The monoisotopic (exact) mass is 360 g/mol. The third-order valence-electron chi connectivity index (χ3n) is 2.82. The zero-order valence-electron chi connectivity index (χ0n) is 14.0. The van der Waals surface area contributed by atoms with Crippen molar-refractivity contribution < 1.29 is 14.3 Å². The van der Waals surface area contributed by atoms with Gasteiger partial charge >= 0.3 is 5.97 Å². The van der Waals surface area contributed by atoms with Crippen molar-refractivity contribution in [3.05, 3.63) is 28.0 Å². The summed E-state index contributed by atoms with van der Waals surface area (Å²) in [6.07, 6.45) is 2.04. The van der Waals surface area contributed by atoms with Crippen LogP contribution < -0.4 is 5.32 Å². The minimum Gasteiger partial charge on any atom is -0.452 e. The van der Waals surface area contributed by atoms with E-state index in [4.69, 9.17) is 27.9 Å². The molecule has 1 aromatic rings. The number of esters is 1. The number of ether oxygens (including phenoxy) is 1. The number of hydrogen-bond donors (Lipinski definition) is 1.